The summed E-state index contributed by atoms with van der Waals surface area (Å²) in [6.45, 7) is 4.94. The van der Waals surface area contributed by atoms with Gasteiger partial charge >= 0.3 is 0 Å². The van der Waals surface area contributed by atoms with Crippen LogP contribution in [0.2, 0.25) is 0 Å². The smallest absolute Gasteiger partial charge is 0.214 e. The van der Waals surface area contributed by atoms with Crippen molar-refractivity contribution in [2.75, 3.05) is 18.8 Å². The number of pyridine rings is 1. The van der Waals surface area contributed by atoms with Gasteiger partial charge in [-0.2, -0.15) is 0 Å². The van der Waals surface area contributed by atoms with Gasteiger partial charge in [0.2, 0.25) is 10.0 Å². The Bertz CT molecular complexity index is 550. The molecular formula is C15H25N3O2S. The van der Waals surface area contributed by atoms with E-state index in [-0.39, 0.29) is 17.2 Å². The number of hydrogen-bond acceptors (Lipinski definition) is 4. The molecule has 1 aromatic heterocycles. The number of sulfonamides is 1. The summed E-state index contributed by atoms with van der Waals surface area (Å²) >= 11 is 0. The molecule has 6 heteroatoms. The zero-order valence-corrected chi connectivity index (χ0v) is 13.6. The minimum atomic E-state index is -3.12. The van der Waals surface area contributed by atoms with Gasteiger partial charge < -0.3 is 5.73 Å². The molecule has 1 aliphatic heterocycles. The van der Waals surface area contributed by atoms with Crippen molar-refractivity contribution < 1.29 is 8.42 Å². The third-order valence-corrected chi connectivity index (χ3v) is 6.59. The first kappa shape index (κ1) is 16.4. The minimum Gasteiger partial charge on any atom is -0.327 e. The summed E-state index contributed by atoms with van der Waals surface area (Å²) in [5.74, 6) is 0.224. The summed E-state index contributed by atoms with van der Waals surface area (Å²) in [5.41, 5.74) is 7.00. The minimum absolute atomic E-state index is 0.0524. The molecule has 2 rings (SSSR count). The van der Waals surface area contributed by atoms with Crippen LogP contribution in [0.1, 0.15) is 38.8 Å². The van der Waals surface area contributed by atoms with Gasteiger partial charge in [0.15, 0.2) is 0 Å². The topological polar surface area (TPSA) is 76.3 Å². The Morgan fingerprint density at radius 2 is 2.05 bits per heavy atom. The summed E-state index contributed by atoms with van der Waals surface area (Å²) in [6, 6.07) is 5.80. The molecule has 0 aliphatic carbocycles. The van der Waals surface area contributed by atoms with Crippen LogP contribution in [0, 0.1) is 0 Å². The van der Waals surface area contributed by atoms with Crippen molar-refractivity contribution in [2.24, 2.45) is 5.73 Å². The van der Waals surface area contributed by atoms with E-state index in [1.54, 1.807) is 10.5 Å². The maximum atomic E-state index is 12.2. The van der Waals surface area contributed by atoms with Gasteiger partial charge in [-0.15, -0.1) is 0 Å². The molecule has 0 aromatic carbocycles. The van der Waals surface area contributed by atoms with E-state index in [0.29, 0.717) is 19.5 Å². The van der Waals surface area contributed by atoms with Gasteiger partial charge in [0.1, 0.15) is 0 Å². The first-order valence-corrected chi connectivity index (χ1v) is 9.18. The molecule has 1 aliphatic rings. The van der Waals surface area contributed by atoms with Crippen molar-refractivity contribution in [3.8, 4) is 0 Å². The molecule has 2 N–H and O–H groups in total. The quantitative estimate of drug-likeness (QED) is 0.894. The highest BCUT2D eigenvalue weighted by Gasteiger charge is 2.42. The lowest BCUT2D eigenvalue weighted by molar-refractivity contribution is 0.201. The molecule has 1 saturated heterocycles. The molecule has 0 spiro atoms. The maximum absolute atomic E-state index is 12.2. The van der Waals surface area contributed by atoms with Crippen molar-refractivity contribution in [1.29, 1.82) is 0 Å². The Morgan fingerprint density at radius 1 is 1.38 bits per heavy atom. The van der Waals surface area contributed by atoms with E-state index in [4.69, 9.17) is 5.73 Å². The Kier molecular flexibility index (Phi) is 5.01. The van der Waals surface area contributed by atoms with Crippen molar-refractivity contribution in [3.63, 3.8) is 0 Å². The number of aromatic nitrogens is 1. The molecule has 118 valence electrons. The van der Waals surface area contributed by atoms with Crippen LogP contribution in [0.15, 0.2) is 24.4 Å². The summed E-state index contributed by atoms with van der Waals surface area (Å²) < 4.78 is 26.0. The number of nitrogens with zero attached hydrogens (tertiary/aromatic N) is 2. The third kappa shape index (κ3) is 3.27. The fourth-order valence-corrected chi connectivity index (χ4v) is 4.67. The summed E-state index contributed by atoms with van der Waals surface area (Å²) in [4.78, 5) is 4.47. The highest BCUT2D eigenvalue weighted by Crippen LogP contribution is 2.37. The summed E-state index contributed by atoms with van der Waals surface area (Å²) in [6.07, 6.45) is 3.88. The van der Waals surface area contributed by atoms with Crippen LogP contribution in [0.3, 0.4) is 0 Å². The molecule has 0 radical (unpaired) electrons. The molecule has 2 heterocycles. The van der Waals surface area contributed by atoms with Crippen molar-refractivity contribution in [3.05, 3.63) is 30.1 Å². The second-order valence-corrected chi connectivity index (χ2v) is 7.96. The van der Waals surface area contributed by atoms with Crippen molar-refractivity contribution in [2.45, 2.75) is 44.6 Å². The Morgan fingerprint density at radius 3 is 2.52 bits per heavy atom. The molecule has 0 saturated carbocycles. The highest BCUT2D eigenvalue weighted by atomic mass is 32.2. The highest BCUT2D eigenvalue weighted by molar-refractivity contribution is 7.89. The van der Waals surface area contributed by atoms with Crippen LogP contribution in [-0.2, 0) is 15.4 Å². The lowest BCUT2D eigenvalue weighted by Crippen LogP contribution is -2.53. The van der Waals surface area contributed by atoms with Crippen LogP contribution in [0.5, 0.6) is 0 Å². The zero-order valence-electron chi connectivity index (χ0n) is 12.8. The molecular weight excluding hydrogens is 286 g/mol. The molecule has 0 amide bonds. The first-order valence-electron chi connectivity index (χ1n) is 7.57. The van der Waals surface area contributed by atoms with Crippen LogP contribution in [0.4, 0.5) is 0 Å². The number of rotatable bonds is 5. The Labute approximate surface area is 127 Å². The maximum Gasteiger partial charge on any atom is 0.214 e. The van der Waals surface area contributed by atoms with Gasteiger partial charge in [-0.3, -0.25) is 4.98 Å². The van der Waals surface area contributed by atoms with Crippen molar-refractivity contribution >= 4 is 10.0 Å². The van der Waals surface area contributed by atoms with Gasteiger partial charge in [-0.25, -0.2) is 12.7 Å². The molecule has 1 fully saturated rings. The first-order chi connectivity index (χ1) is 9.92. The Hall–Kier alpha value is -0.980. The lowest BCUT2D eigenvalue weighted by atomic mass is 9.71. The van der Waals surface area contributed by atoms with E-state index < -0.39 is 10.0 Å². The summed E-state index contributed by atoms with van der Waals surface area (Å²) in [7, 11) is -3.12. The van der Waals surface area contributed by atoms with Crippen molar-refractivity contribution in [1.82, 2.24) is 9.29 Å². The predicted molar refractivity (Wildman–Crippen MR) is 84.4 cm³/mol. The SMILES string of the molecule is CCCS(=O)(=O)N1CCC(c2ccccn2)(C(C)N)CC1. The van der Waals surface area contributed by atoms with Gasteiger partial charge in [0.25, 0.3) is 0 Å². The molecule has 1 atom stereocenters. The van der Waals surface area contributed by atoms with E-state index in [0.717, 1.165) is 18.5 Å². The fraction of sp³-hybridized carbons (Fsp3) is 0.667. The largest absolute Gasteiger partial charge is 0.327 e. The second kappa shape index (κ2) is 6.42. The monoisotopic (exact) mass is 311 g/mol. The molecule has 1 unspecified atom stereocenters. The van der Waals surface area contributed by atoms with Crippen LogP contribution >= 0.6 is 0 Å². The number of piperidine rings is 1. The fourth-order valence-electron chi connectivity index (χ4n) is 3.15. The number of hydrogen-bond donors (Lipinski definition) is 1. The van der Waals surface area contributed by atoms with E-state index in [2.05, 4.69) is 4.98 Å². The number of nitrogens with two attached hydrogens (primary N) is 1. The van der Waals surface area contributed by atoms with Gasteiger partial charge in [0, 0.05) is 36.4 Å². The van der Waals surface area contributed by atoms with E-state index in [9.17, 15) is 8.42 Å². The average molecular weight is 311 g/mol. The third-order valence-electron chi connectivity index (χ3n) is 4.52. The van der Waals surface area contributed by atoms with E-state index in [1.165, 1.54) is 0 Å². The van der Waals surface area contributed by atoms with Crippen LogP contribution < -0.4 is 5.73 Å². The van der Waals surface area contributed by atoms with E-state index >= 15 is 0 Å². The predicted octanol–water partition coefficient (Wildman–Crippen LogP) is 1.50. The molecule has 21 heavy (non-hydrogen) atoms. The standard InChI is InChI=1S/C15H25N3O2S/c1-3-12-21(19,20)18-10-7-15(8-11-18,13(2)16)14-6-4-5-9-17-14/h4-6,9,13H,3,7-8,10-12,16H2,1-2H3. The zero-order chi connectivity index (χ0) is 15.5. The average Bonchev–Trinajstić information content (AvgIpc) is 2.48. The summed E-state index contributed by atoms with van der Waals surface area (Å²) in [5, 5.41) is 0. The molecule has 5 nitrogen and oxygen atoms in total. The molecule has 0 bridgehead atoms. The van der Waals surface area contributed by atoms with Crippen LogP contribution in [0.25, 0.3) is 0 Å². The Balaban J connectivity index is 2.20. The lowest BCUT2D eigenvalue weighted by Gasteiger charge is -2.43. The van der Waals surface area contributed by atoms with Gasteiger partial charge in [-0.1, -0.05) is 13.0 Å². The van der Waals surface area contributed by atoms with Gasteiger partial charge in [-0.05, 0) is 38.3 Å². The normalized spacial score (nSPS) is 21.1. The molecule has 1 aromatic rings. The second-order valence-electron chi connectivity index (χ2n) is 5.87. The van der Waals surface area contributed by atoms with Gasteiger partial charge in [0.05, 0.1) is 5.75 Å². The van der Waals surface area contributed by atoms with E-state index in [1.807, 2.05) is 32.0 Å². The van der Waals surface area contributed by atoms with Crippen LogP contribution in [-0.4, -0.2) is 42.6 Å².